The molecule has 2 nitrogen and oxygen atoms in total. The van der Waals surface area contributed by atoms with Gasteiger partial charge in [-0.15, -0.1) is 12.4 Å². The quantitative estimate of drug-likeness (QED) is 0.675. The van der Waals surface area contributed by atoms with Crippen molar-refractivity contribution in [1.82, 2.24) is 0 Å². The highest BCUT2D eigenvalue weighted by atomic mass is 35.5. The Kier molecular flexibility index (Phi) is 1.64. The van der Waals surface area contributed by atoms with E-state index >= 15 is 0 Å². The van der Waals surface area contributed by atoms with Crippen molar-refractivity contribution in [3.63, 3.8) is 0 Å². The molecule has 13 heavy (non-hydrogen) atoms. The number of halogens is 1. The predicted molar refractivity (Wildman–Crippen MR) is 53.2 cm³/mol. The topological polar surface area (TPSA) is 29.1 Å². The summed E-state index contributed by atoms with van der Waals surface area (Å²) in [4.78, 5) is 11.5. The molecule has 1 fully saturated rings. The minimum atomic E-state index is -0.114. The smallest absolute Gasteiger partial charge is 0.235 e. The van der Waals surface area contributed by atoms with Crippen LogP contribution in [-0.2, 0) is 10.2 Å². The molecule has 1 saturated carbocycles. The molecule has 1 amide bonds. The highest BCUT2D eigenvalue weighted by molar-refractivity contribution is 6.08. The van der Waals surface area contributed by atoms with Crippen LogP contribution in [0.1, 0.15) is 18.4 Å². The Morgan fingerprint density at radius 2 is 1.92 bits per heavy atom. The lowest BCUT2D eigenvalue weighted by Gasteiger charge is -2.01. The van der Waals surface area contributed by atoms with Gasteiger partial charge < -0.3 is 5.32 Å². The Morgan fingerprint density at radius 3 is 2.62 bits per heavy atom. The summed E-state index contributed by atoms with van der Waals surface area (Å²) in [5, 5.41) is 2.91. The van der Waals surface area contributed by atoms with Gasteiger partial charge in [-0.05, 0) is 24.5 Å². The molecule has 0 aromatic heterocycles. The highest BCUT2D eigenvalue weighted by Gasteiger charge is 2.55. The van der Waals surface area contributed by atoms with Gasteiger partial charge in [0.15, 0.2) is 0 Å². The maximum atomic E-state index is 11.5. The molecular formula is C10H10ClNO. The average molecular weight is 196 g/mol. The van der Waals surface area contributed by atoms with E-state index in [9.17, 15) is 4.79 Å². The maximum Gasteiger partial charge on any atom is 0.235 e. The third kappa shape index (κ3) is 0.923. The van der Waals surface area contributed by atoms with Gasteiger partial charge in [0.2, 0.25) is 5.91 Å². The van der Waals surface area contributed by atoms with Gasteiger partial charge in [0.05, 0.1) is 5.41 Å². The number of rotatable bonds is 0. The van der Waals surface area contributed by atoms with E-state index in [-0.39, 0.29) is 23.7 Å². The lowest BCUT2D eigenvalue weighted by atomic mass is 9.98. The van der Waals surface area contributed by atoms with Crippen molar-refractivity contribution in [3.05, 3.63) is 29.8 Å². The number of amides is 1. The minimum absolute atomic E-state index is 0. The molecule has 2 aliphatic rings. The van der Waals surface area contributed by atoms with E-state index in [0.29, 0.717) is 0 Å². The second kappa shape index (κ2) is 2.48. The Morgan fingerprint density at radius 1 is 1.23 bits per heavy atom. The zero-order valence-corrected chi connectivity index (χ0v) is 7.86. The Hall–Kier alpha value is -1.02. The first-order chi connectivity index (χ1) is 5.83. The van der Waals surface area contributed by atoms with Crippen LogP contribution in [0.25, 0.3) is 0 Å². The number of fused-ring (bicyclic) bond motifs is 2. The number of hydrogen-bond donors (Lipinski definition) is 1. The summed E-state index contributed by atoms with van der Waals surface area (Å²) in [6.45, 7) is 0. The van der Waals surface area contributed by atoms with Gasteiger partial charge >= 0.3 is 0 Å². The second-order valence-corrected chi connectivity index (χ2v) is 3.58. The summed E-state index contributed by atoms with van der Waals surface area (Å²) in [7, 11) is 0. The fourth-order valence-corrected chi connectivity index (χ4v) is 2.00. The maximum absolute atomic E-state index is 11.5. The molecule has 1 heterocycles. The molecule has 1 aliphatic carbocycles. The van der Waals surface area contributed by atoms with Gasteiger partial charge in [0, 0.05) is 5.69 Å². The van der Waals surface area contributed by atoms with E-state index in [4.69, 9.17) is 0 Å². The number of hydrogen-bond acceptors (Lipinski definition) is 1. The van der Waals surface area contributed by atoms with Gasteiger partial charge in [-0.3, -0.25) is 4.79 Å². The molecule has 0 unspecified atom stereocenters. The van der Waals surface area contributed by atoms with Crippen LogP contribution >= 0.6 is 12.4 Å². The summed E-state index contributed by atoms with van der Waals surface area (Å²) in [6, 6.07) is 7.99. The van der Waals surface area contributed by atoms with Crippen LogP contribution in [0.3, 0.4) is 0 Å². The van der Waals surface area contributed by atoms with Gasteiger partial charge in [-0.1, -0.05) is 18.2 Å². The molecule has 1 aromatic rings. The first kappa shape index (κ1) is 8.57. The van der Waals surface area contributed by atoms with Crippen molar-refractivity contribution in [1.29, 1.82) is 0 Å². The molecule has 0 radical (unpaired) electrons. The fraction of sp³-hybridized carbons (Fsp3) is 0.300. The number of benzene rings is 1. The third-order valence-corrected chi connectivity index (χ3v) is 2.88. The molecule has 0 bridgehead atoms. The largest absolute Gasteiger partial charge is 0.325 e. The minimum Gasteiger partial charge on any atom is -0.325 e. The van der Waals surface area contributed by atoms with Crippen molar-refractivity contribution >= 4 is 24.0 Å². The van der Waals surface area contributed by atoms with Crippen LogP contribution in [0, 0.1) is 0 Å². The molecule has 1 aliphatic heterocycles. The number of carbonyl (C=O) groups excluding carboxylic acids is 1. The van der Waals surface area contributed by atoms with Crippen LogP contribution < -0.4 is 5.32 Å². The predicted octanol–water partition coefficient (Wildman–Crippen LogP) is 2.09. The fourth-order valence-electron chi connectivity index (χ4n) is 2.00. The number of carbonyl (C=O) groups is 1. The third-order valence-electron chi connectivity index (χ3n) is 2.88. The Bertz CT molecular complexity index is 371. The Balaban J connectivity index is 0.000000653. The highest BCUT2D eigenvalue weighted by Crippen LogP contribution is 2.54. The molecular weight excluding hydrogens is 186 g/mol. The van der Waals surface area contributed by atoms with Crippen molar-refractivity contribution in [2.75, 3.05) is 5.32 Å². The average Bonchev–Trinajstić information content (AvgIpc) is 2.80. The molecule has 0 saturated heterocycles. The van der Waals surface area contributed by atoms with Gasteiger partial charge in [-0.25, -0.2) is 0 Å². The van der Waals surface area contributed by atoms with Crippen LogP contribution in [0.2, 0.25) is 0 Å². The summed E-state index contributed by atoms with van der Waals surface area (Å²) < 4.78 is 0. The number of nitrogens with one attached hydrogen (secondary N) is 1. The number of para-hydroxylation sites is 1. The Labute approximate surface area is 82.7 Å². The lowest BCUT2D eigenvalue weighted by Crippen LogP contribution is -2.18. The second-order valence-electron chi connectivity index (χ2n) is 3.58. The van der Waals surface area contributed by atoms with E-state index in [1.54, 1.807) is 0 Å². The molecule has 3 heteroatoms. The van der Waals surface area contributed by atoms with E-state index in [1.165, 1.54) is 5.56 Å². The van der Waals surface area contributed by atoms with E-state index in [0.717, 1.165) is 18.5 Å². The molecule has 3 rings (SSSR count). The van der Waals surface area contributed by atoms with Crippen LogP contribution in [0.5, 0.6) is 0 Å². The summed E-state index contributed by atoms with van der Waals surface area (Å²) in [6.07, 6.45) is 2.05. The monoisotopic (exact) mass is 195 g/mol. The van der Waals surface area contributed by atoms with Crippen molar-refractivity contribution in [2.24, 2.45) is 0 Å². The summed E-state index contributed by atoms with van der Waals surface area (Å²) >= 11 is 0. The summed E-state index contributed by atoms with van der Waals surface area (Å²) in [5.41, 5.74) is 2.10. The summed E-state index contributed by atoms with van der Waals surface area (Å²) in [5.74, 6) is 0.198. The van der Waals surface area contributed by atoms with Crippen LogP contribution in [0.4, 0.5) is 5.69 Å². The van der Waals surface area contributed by atoms with E-state index < -0.39 is 0 Å². The van der Waals surface area contributed by atoms with Crippen molar-refractivity contribution in [2.45, 2.75) is 18.3 Å². The van der Waals surface area contributed by atoms with Crippen molar-refractivity contribution in [3.8, 4) is 0 Å². The zero-order valence-electron chi connectivity index (χ0n) is 7.04. The molecule has 1 spiro atoms. The molecule has 1 aromatic carbocycles. The first-order valence-electron chi connectivity index (χ1n) is 4.24. The molecule has 68 valence electrons. The van der Waals surface area contributed by atoms with Gasteiger partial charge in [-0.2, -0.15) is 0 Å². The van der Waals surface area contributed by atoms with Gasteiger partial charge in [0.25, 0.3) is 0 Å². The standard InChI is InChI=1S/C10H9NO.ClH/c12-9-10(5-6-10)7-3-1-2-4-8(7)11-9;/h1-4H,5-6H2,(H,11,12);1H. The van der Waals surface area contributed by atoms with Crippen molar-refractivity contribution < 1.29 is 4.79 Å². The van der Waals surface area contributed by atoms with Crippen LogP contribution in [-0.4, -0.2) is 5.91 Å². The molecule has 1 N–H and O–H groups in total. The SMILES string of the molecule is Cl.O=C1Nc2ccccc2C12CC2. The first-order valence-corrected chi connectivity index (χ1v) is 4.24. The zero-order chi connectivity index (χ0) is 8.18. The van der Waals surface area contributed by atoms with Gasteiger partial charge in [0.1, 0.15) is 0 Å². The number of anilines is 1. The lowest BCUT2D eigenvalue weighted by molar-refractivity contribution is -0.117. The normalized spacial score (nSPS) is 20.5. The molecule has 0 atom stereocenters. The van der Waals surface area contributed by atoms with Crippen LogP contribution in [0.15, 0.2) is 24.3 Å². The van der Waals surface area contributed by atoms with E-state index in [2.05, 4.69) is 11.4 Å². The van der Waals surface area contributed by atoms with E-state index in [1.807, 2.05) is 18.2 Å².